The van der Waals surface area contributed by atoms with Crippen LogP contribution in [0.2, 0.25) is 0 Å². The highest BCUT2D eigenvalue weighted by Crippen LogP contribution is 2.54. The molecule has 0 radical (unpaired) electrons. The molecule has 2 saturated carbocycles. The van der Waals surface area contributed by atoms with Crippen LogP contribution in [0, 0.1) is 5.41 Å². The van der Waals surface area contributed by atoms with Crippen LogP contribution in [-0.4, -0.2) is 43.5 Å². The number of ether oxygens (including phenoxy) is 2. The van der Waals surface area contributed by atoms with Crippen LogP contribution in [0.3, 0.4) is 0 Å². The molecule has 2 aliphatic rings. The van der Waals surface area contributed by atoms with Gasteiger partial charge >= 0.3 is 0 Å². The lowest BCUT2D eigenvalue weighted by Crippen LogP contribution is -2.65. The molecular formula is C21H34IN3O3. The molecule has 7 heteroatoms. The fourth-order valence-electron chi connectivity index (χ4n) is 4.55. The number of methoxy groups -OCH3 is 1. The number of benzene rings is 1. The normalized spacial score (nSPS) is 23.0. The molecule has 28 heavy (non-hydrogen) atoms. The van der Waals surface area contributed by atoms with Gasteiger partial charge < -0.3 is 25.2 Å². The zero-order chi connectivity index (χ0) is 19.3. The van der Waals surface area contributed by atoms with E-state index in [-0.39, 0.29) is 35.1 Å². The number of phenolic OH excluding ortho intramolecular Hbond substituents is 1. The minimum absolute atomic E-state index is 0. The van der Waals surface area contributed by atoms with Crippen LogP contribution in [0.5, 0.6) is 11.5 Å². The highest BCUT2D eigenvalue weighted by Gasteiger charge is 2.56. The maximum absolute atomic E-state index is 10.1. The summed E-state index contributed by atoms with van der Waals surface area (Å²) in [6.07, 6.45) is 6.42. The first-order valence-corrected chi connectivity index (χ1v) is 10.1. The Balaban J connectivity index is 0.00000280. The molecule has 6 nitrogen and oxygen atoms in total. The molecule has 2 atom stereocenters. The molecule has 1 aromatic rings. The number of hydrogen-bond acceptors (Lipinski definition) is 4. The van der Waals surface area contributed by atoms with Crippen molar-refractivity contribution < 1.29 is 14.6 Å². The fourth-order valence-corrected chi connectivity index (χ4v) is 4.55. The van der Waals surface area contributed by atoms with Gasteiger partial charge in [-0.15, -0.1) is 24.0 Å². The standard InChI is InChI=1S/C21H33N3O3.HI/c1-4-22-20(23-14-15-12-16(26-3)8-9-17(15)25)24-18-13-19(27-5-2)21(18)10-6-7-11-21;/h8-9,12,18-19,25H,4-7,10-11,13-14H2,1-3H3,(H2,22,23,24);1H. The van der Waals surface area contributed by atoms with Crippen molar-refractivity contribution in [1.29, 1.82) is 0 Å². The summed E-state index contributed by atoms with van der Waals surface area (Å²) in [7, 11) is 1.62. The highest BCUT2D eigenvalue weighted by atomic mass is 127. The molecular weight excluding hydrogens is 469 g/mol. The third-order valence-corrected chi connectivity index (χ3v) is 6.04. The van der Waals surface area contributed by atoms with E-state index in [9.17, 15) is 5.11 Å². The van der Waals surface area contributed by atoms with E-state index < -0.39 is 0 Å². The van der Waals surface area contributed by atoms with E-state index in [1.807, 2.05) is 6.07 Å². The first kappa shape index (κ1) is 23.1. The average molecular weight is 503 g/mol. The van der Waals surface area contributed by atoms with E-state index in [4.69, 9.17) is 14.5 Å². The van der Waals surface area contributed by atoms with Crippen molar-refractivity contribution in [3.8, 4) is 11.5 Å². The fraction of sp³-hybridized carbons (Fsp3) is 0.667. The van der Waals surface area contributed by atoms with Gasteiger partial charge in [-0.05, 0) is 51.3 Å². The van der Waals surface area contributed by atoms with Crippen molar-refractivity contribution in [2.75, 3.05) is 20.3 Å². The molecule has 0 heterocycles. The van der Waals surface area contributed by atoms with E-state index in [2.05, 4.69) is 24.5 Å². The van der Waals surface area contributed by atoms with Crippen LogP contribution < -0.4 is 15.4 Å². The van der Waals surface area contributed by atoms with Crippen LogP contribution in [0.15, 0.2) is 23.2 Å². The molecule has 3 rings (SSSR count). The van der Waals surface area contributed by atoms with Crippen LogP contribution in [0.1, 0.15) is 51.5 Å². The summed E-state index contributed by atoms with van der Waals surface area (Å²) >= 11 is 0. The Morgan fingerprint density at radius 1 is 1.29 bits per heavy atom. The predicted molar refractivity (Wildman–Crippen MR) is 123 cm³/mol. The summed E-state index contributed by atoms with van der Waals surface area (Å²) in [6, 6.07) is 5.62. The van der Waals surface area contributed by atoms with E-state index in [1.165, 1.54) is 25.7 Å². The summed E-state index contributed by atoms with van der Waals surface area (Å²) in [6.45, 7) is 6.12. The molecule has 0 bridgehead atoms. The lowest BCUT2D eigenvalue weighted by molar-refractivity contribution is -0.125. The number of nitrogens with zero attached hydrogens (tertiary/aromatic N) is 1. The Kier molecular flexibility index (Phi) is 8.67. The number of aromatic hydroxyl groups is 1. The largest absolute Gasteiger partial charge is 0.508 e. The van der Waals surface area contributed by atoms with Gasteiger partial charge in [0.1, 0.15) is 11.5 Å². The van der Waals surface area contributed by atoms with Gasteiger partial charge in [0.25, 0.3) is 0 Å². The lowest BCUT2D eigenvalue weighted by atomic mass is 9.60. The molecule has 2 aliphatic carbocycles. The number of nitrogens with one attached hydrogen (secondary N) is 2. The van der Waals surface area contributed by atoms with Crippen LogP contribution in [-0.2, 0) is 11.3 Å². The van der Waals surface area contributed by atoms with Gasteiger partial charge in [-0.1, -0.05) is 12.8 Å². The van der Waals surface area contributed by atoms with Gasteiger partial charge in [0, 0.05) is 30.2 Å². The number of halogens is 1. The third-order valence-electron chi connectivity index (χ3n) is 6.04. The Hall–Kier alpha value is -1.22. The van der Waals surface area contributed by atoms with E-state index in [0.29, 0.717) is 18.7 Å². The molecule has 1 spiro atoms. The third kappa shape index (κ3) is 4.84. The second-order valence-electron chi connectivity index (χ2n) is 7.51. The van der Waals surface area contributed by atoms with E-state index >= 15 is 0 Å². The van der Waals surface area contributed by atoms with Gasteiger partial charge in [0.2, 0.25) is 0 Å². The monoisotopic (exact) mass is 503 g/mol. The van der Waals surface area contributed by atoms with Gasteiger partial charge in [-0.2, -0.15) is 0 Å². The molecule has 2 fully saturated rings. The summed E-state index contributed by atoms with van der Waals surface area (Å²) in [5.41, 5.74) is 1.01. The summed E-state index contributed by atoms with van der Waals surface area (Å²) in [5, 5.41) is 17.1. The average Bonchev–Trinajstić information content (AvgIpc) is 3.19. The van der Waals surface area contributed by atoms with Gasteiger partial charge in [-0.3, -0.25) is 0 Å². The maximum Gasteiger partial charge on any atom is 0.191 e. The molecule has 3 N–H and O–H groups in total. The Labute approximate surface area is 185 Å². The van der Waals surface area contributed by atoms with E-state index in [0.717, 1.165) is 36.8 Å². The predicted octanol–water partition coefficient (Wildman–Crippen LogP) is 3.81. The molecule has 1 aromatic carbocycles. The van der Waals surface area contributed by atoms with Crippen molar-refractivity contribution in [3.05, 3.63) is 23.8 Å². The van der Waals surface area contributed by atoms with Crippen molar-refractivity contribution in [1.82, 2.24) is 10.6 Å². The molecule has 0 amide bonds. The number of guanidine groups is 1. The molecule has 0 aliphatic heterocycles. The SMILES string of the molecule is CCNC(=NCc1cc(OC)ccc1O)NC1CC(OCC)C12CCCC2.I. The molecule has 0 aromatic heterocycles. The first-order chi connectivity index (χ1) is 13.1. The summed E-state index contributed by atoms with van der Waals surface area (Å²) < 4.78 is 11.3. The van der Waals surface area contributed by atoms with Crippen molar-refractivity contribution in [3.63, 3.8) is 0 Å². The smallest absolute Gasteiger partial charge is 0.191 e. The molecule has 158 valence electrons. The van der Waals surface area contributed by atoms with Crippen molar-refractivity contribution >= 4 is 29.9 Å². The Morgan fingerprint density at radius 3 is 2.68 bits per heavy atom. The molecule has 0 saturated heterocycles. The van der Waals surface area contributed by atoms with Gasteiger partial charge in [-0.25, -0.2) is 4.99 Å². The summed E-state index contributed by atoms with van der Waals surface area (Å²) in [4.78, 5) is 4.71. The topological polar surface area (TPSA) is 75.1 Å². The number of hydrogen-bond donors (Lipinski definition) is 3. The first-order valence-electron chi connectivity index (χ1n) is 10.1. The number of aliphatic imine (C=N–C) groups is 1. The quantitative estimate of drug-likeness (QED) is 0.300. The Bertz CT molecular complexity index is 662. The number of phenols is 1. The van der Waals surface area contributed by atoms with Crippen LogP contribution in [0.4, 0.5) is 0 Å². The Morgan fingerprint density at radius 2 is 2.04 bits per heavy atom. The van der Waals surface area contributed by atoms with Crippen LogP contribution >= 0.6 is 24.0 Å². The van der Waals surface area contributed by atoms with Crippen molar-refractivity contribution in [2.24, 2.45) is 10.4 Å². The summed E-state index contributed by atoms with van der Waals surface area (Å²) in [5.74, 6) is 1.76. The number of rotatable bonds is 7. The van der Waals surface area contributed by atoms with Gasteiger partial charge in [0.05, 0.1) is 19.8 Å². The molecule has 2 unspecified atom stereocenters. The highest BCUT2D eigenvalue weighted by molar-refractivity contribution is 14.0. The van der Waals surface area contributed by atoms with Gasteiger partial charge in [0.15, 0.2) is 5.96 Å². The zero-order valence-electron chi connectivity index (χ0n) is 17.2. The van der Waals surface area contributed by atoms with E-state index in [1.54, 1.807) is 19.2 Å². The zero-order valence-corrected chi connectivity index (χ0v) is 19.5. The second-order valence-corrected chi connectivity index (χ2v) is 7.51. The van der Waals surface area contributed by atoms with Crippen molar-refractivity contribution in [2.45, 2.75) is 64.6 Å². The minimum atomic E-state index is 0. The second kappa shape index (κ2) is 10.5. The van der Waals surface area contributed by atoms with Crippen LogP contribution in [0.25, 0.3) is 0 Å². The lowest BCUT2D eigenvalue weighted by Gasteiger charge is -2.54. The maximum atomic E-state index is 10.1. The minimum Gasteiger partial charge on any atom is -0.508 e.